The molecule has 1 saturated heterocycles. The lowest BCUT2D eigenvalue weighted by molar-refractivity contribution is 0.190. The fourth-order valence-electron chi connectivity index (χ4n) is 3.00. The summed E-state index contributed by atoms with van der Waals surface area (Å²) in [6.07, 6.45) is 3.69. The van der Waals surface area contributed by atoms with Crippen molar-refractivity contribution in [2.24, 2.45) is 0 Å². The normalized spacial score (nSPS) is 23.1. The Morgan fingerprint density at radius 2 is 2.40 bits per heavy atom. The first kappa shape index (κ1) is 12.5. The summed E-state index contributed by atoms with van der Waals surface area (Å²) in [4.78, 5) is 9.52. The predicted octanol–water partition coefficient (Wildman–Crippen LogP) is 1.86. The molecule has 4 rings (SSSR count). The second-order valence-electron chi connectivity index (χ2n) is 5.57. The molecule has 1 unspecified atom stereocenters. The van der Waals surface area contributed by atoms with Crippen molar-refractivity contribution in [3.8, 4) is 10.8 Å². The average Bonchev–Trinajstić information content (AvgIpc) is 3.13. The molecule has 0 aromatic carbocycles. The SMILES string of the molecule is CN1CCNCC1c1noc(-c2cc3c(s2)CCC3)n1. The van der Waals surface area contributed by atoms with Crippen molar-refractivity contribution >= 4 is 11.3 Å². The van der Waals surface area contributed by atoms with Crippen LogP contribution in [0.5, 0.6) is 0 Å². The smallest absolute Gasteiger partial charge is 0.268 e. The first-order chi connectivity index (χ1) is 9.81. The van der Waals surface area contributed by atoms with Crippen LogP contribution in [-0.2, 0) is 12.8 Å². The molecule has 1 aliphatic heterocycles. The Morgan fingerprint density at radius 3 is 3.25 bits per heavy atom. The summed E-state index contributed by atoms with van der Waals surface area (Å²) < 4.78 is 5.48. The summed E-state index contributed by atoms with van der Waals surface area (Å²) in [6, 6.07) is 2.45. The van der Waals surface area contributed by atoms with Gasteiger partial charge < -0.3 is 9.84 Å². The van der Waals surface area contributed by atoms with Crippen LogP contribution >= 0.6 is 11.3 Å². The van der Waals surface area contributed by atoms with Crippen LogP contribution in [0.2, 0.25) is 0 Å². The molecule has 3 heterocycles. The molecule has 0 radical (unpaired) electrons. The Hall–Kier alpha value is -1.24. The van der Waals surface area contributed by atoms with Gasteiger partial charge in [0.1, 0.15) is 0 Å². The molecule has 0 saturated carbocycles. The molecular weight excluding hydrogens is 272 g/mol. The largest absolute Gasteiger partial charge is 0.333 e. The van der Waals surface area contributed by atoms with Gasteiger partial charge in [-0.05, 0) is 37.9 Å². The van der Waals surface area contributed by atoms with Crippen molar-refractivity contribution in [1.82, 2.24) is 20.4 Å². The standard InChI is InChI=1S/C14H18N4OS/c1-18-6-5-15-8-10(18)13-16-14(19-17-13)12-7-9-3-2-4-11(9)20-12/h7,10,15H,2-6,8H2,1H3. The summed E-state index contributed by atoms with van der Waals surface area (Å²) in [5, 5.41) is 7.57. The molecule has 106 valence electrons. The topological polar surface area (TPSA) is 54.2 Å². The molecule has 0 bridgehead atoms. The molecule has 1 fully saturated rings. The Bertz CT molecular complexity index is 599. The van der Waals surface area contributed by atoms with Crippen LogP contribution in [0.3, 0.4) is 0 Å². The van der Waals surface area contributed by atoms with E-state index in [1.54, 1.807) is 0 Å². The predicted molar refractivity (Wildman–Crippen MR) is 77.9 cm³/mol. The van der Waals surface area contributed by atoms with Gasteiger partial charge in [-0.1, -0.05) is 5.16 Å². The number of hydrogen-bond acceptors (Lipinski definition) is 6. The molecule has 2 aromatic heterocycles. The van der Waals surface area contributed by atoms with Gasteiger partial charge in [0.05, 0.1) is 10.9 Å². The van der Waals surface area contributed by atoms with Gasteiger partial charge in [0, 0.05) is 24.5 Å². The zero-order valence-electron chi connectivity index (χ0n) is 11.6. The number of nitrogens with zero attached hydrogens (tertiary/aromatic N) is 3. The van der Waals surface area contributed by atoms with Crippen molar-refractivity contribution in [3.63, 3.8) is 0 Å². The Balaban J connectivity index is 1.60. The molecule has 1 atom stereocenters. The number of rotatable bonds is 2. The van der Waals surface area contributed by atoms with Crippen LogP contribution in [0.25, 0.3) is 10.8 Å². The number of hydrogen-bond donors (Lipinski definition) is 1. The minimum absolute atomic E-state index is 0.216. The number of fused-ring (bicyclic) bond motifs is 1. The van der Waals surface area contributed by atoms with Gasteiger partial charge in [-0.3, -0.25) is 4.90 Å². The van der Waals surface area contributed by atoms with Gasteiger partial charge >= 0.3 is 0 Å². The zero-order chi connectivity index (χ0) is 13.5. The number of likely N-dealkylation sites (N-methyl/N-ethyl adjacent to an activating group) is 1. The highest BCUT2D eigenvalue weighted by Gasteiger charge is 2.26. The number of thiophene rings is 1. The van der Waals surface area contributed by atoms with Crippen LogP contribution < -0.4 is 5.32 Å². The number of piperazine rings is 1. The maximum atomic E-state index is 5.48. The van der Waals surface area contributed by atoms with Gasteiger partial charge in [-0.25, -0.2) is 0 Å². The highest BCUT2D eigenvalue weighted by Crippen LogP contribution is 2.36. The summed E-state index contributed by atoms with van der Waals surface area (Å²) in [6.45, 7) is 2.92. The summed E-state index contributed by atoms with van der Waals surface area (Å²) in [5.41, 5.74) is 1.47. The lowest BCUT2D eigenvalue weighted by atomic mass is 10.2. The monoisotopic (exact) mass is 290 g/mol. The van der Waals surface area contributed by atoms with E-state index >= 15 is 0 Å². The number of nitrogens with one attached hydrogen (secondary N) is 1. The van der Waals surface area contributed by atoms with Crippen LogP contribution in [0.1, 0.15) is 28.7 Å². The third-order valence-electron chi connectivity index (χ3n) is 4.21. The number of aromatic nitrogens is 2. The molecule has 0 spiro atoms. The van der Waals surface area contributed by atoms with Crippen LogP contribution in [-0.4, -0.2) is 41.7 Å². The van der Waals surface area contributed by atoms with Crippen molar-refractivity contribution in [2.45, 2.75) is 25.3 Å². The van der Waals surface area contributed by atoms with Gasteiger partial charge in [0.25, 0.3) is 5.89 Å². The Labute approximate surface area is 122 Å². The highest BCUT2D eigenvalue weighted by molar-refractivity contribution is 7.15. The molecule has 6 heteroatoms. The van der Waals surface area contributed by atoms with Gasteiger partial charge in [-0.2, -0.15) is 4.98 Å². The van der Waals surface area contributed by atoms with Gasteiger partial charge in [0.2, 0.25) is 0 Å². The van der Waals surface area contributed by atoms with Crippen molar-refractivity contribution in [3.05, 3.63) is 22.3 Å². The third kappa shape index (κ3) is 2.08. The molecule has 1 aliphatic carbocycles. The van der Waals surface area contributed by atoms with Crippen LogP contribution in [0, 0.1) is 0 Å². The van der Waals surface area contributed by atoms with Crippen LogP contribution in [0.4, 0.5) is 0 Å². The maximum absolute atomic E-state index is 5.48. The van der Waals surface area contributed by atoms with E-state index in [-0.39, 0.29) is 6.04 Å². The summed E-state index contributed by atoms with van der Waals surface area (Å²) in [7, 11) is 2.11. The minimum atomic E-state index is 0.216. The van der Waals surface area contributed by atoms with Gasteiger partial charge in [-0.15, -0.1) is 11.3 Å². The van der Waals surface area contributed by atoms with E-state index in [9.17, 15) is 0 Å². The van der Waals surface area contributed by atoms with Crippen molar-refractivity contribution in [1.29, 1.82) is 0 Å². The quantitative estimate of drug-likeness (QED) is 0.915. The second kappa shape index (κ2) is 4.95. The lowest BCUT2D eigenvalue weighted by Gasteiger charge is -2.30. The molecule has 5 nitrogen and oxygen atoms in total. The fraction of sp³-hybridized carbons (Fsp3) is 0.571. The van der Waals surface area contributed by atoms with Gasteiger partial charge in [0.15, 0.2) is 5.82 Å². The zero-order valence-corrected chi connectivity index (χ0v) is 12.4. The highest BCUT2D eigenvalue weighted by atomic mass is 32.1. The minimum Gasteiger partial charge on any atom is -0.333 e. The molecule has 2 aromatic rings. The molecular formula is C14H18N4OS. The third-order valence-corrected chi connectivity index (χ3v) is 5.43. The van der Waals surface area contributed by atoms with E-state index < -0.39 is 0 Å². The van der Waals surface area contributed by atoms with E-state index in [4.69, 9.17) is 4.52 Å². The molecule has 1 N–H and O–H groups in total. The Kier molecular flexibility index (Phi) is 3.09. The van der Waals surface area contributed by atoms with Crippen molar-refractivity contribution < 1.29 is 4.52 Å². The maximum Gasteiger partial charge on any atom is 0.268 e. The average molecular weight is 290 g/mol. The van der Waals surface area contributed by atoms with Crippen LogP contribution in [0.15, 0.2) is 10.6 Å². The molecule has 2 aliphatic rings. The van der Waals surface area contributed by atoms with E-state index in [1.165, 1.54) is 29.7 Å². The van der Waals surface area contributed by atoms with E-state index in [0.717, 1.165) is 30.3 Å². The molecule has 20 heavy (non-hydrogen) atoms. The summed E-state index contributed by atoms with van der Waals surface area (Å²) >= 11 is 1.81. The summed E-state index contributed by atoms with van der Waals surface area (Å²) in [5.74, 6) is 1.47. The number of aryl methyl sites for hydroxylation is 2. The first-order valence-corrected chi connectivity index (χ1v) is 7.99. The molecule has 0 amide bonds. The first-order valence-electron chi connectivity index (χ1n) is 7.18. The van der Waals surface area contributed by atoms with E-state index in [0.29, 0.717) is 5.89 Å². The van der Waals surface area contributed by atoms with E-state index in [1.807, 2.05) is 11.3 Å². The van der Waals surface area contributed by atoms with E-state index in [2.05, 4.69) is 33.5 Å². The second-order valence-corrected chi connectivity index (χ2v) is 6.71. The van der Waals surface area contributed by atoms with Crippen molar-refractivity contribution in [2.75, 3.05) is 26.7 Å². The lowest BCUT2D eigenvalue weighted by Crippen LogP contribution is -2.44. The fourth-order valence-corrected chi connectivity index (χ4v) is 4.17. The Morgan fingerprint density at radius 1 is 1.45 bits per heavy atom.